The fraction of sp³-hybridized carbons (Fsp3) is 0.222. The van der Waals surface area contributed by atoms with Crippen molar-refractivity contribution in [3.8, 4) is 0 Å². The van der Waals surface area contributed by atoms with Gasteiger partial charge >= 0.3 is 11.9 Å². The van der Waals surface area contributed by atoms with Gasteiger partial charge in [-0.05, 0) is 60.1 Å². The van der Waals surface area contributed by atoms with Gasteiger partial charge in [-0.3, -0.25) is 0 Å². The summed E-state index contributed by atoms with van der Waals surface area (Å²) in [7, 11) is 0. The Labute approximate surface area is 128 Å². The maximum atomic E-state index is 10.9. The van der Waals surface area contributed by atoms with Crippen molar-refractivity contribution in [1.82, 2.24) is 0 Å². The number of carboxylic acid groups (broad SMARTS) is 2. The molecule has 0 saturated heterocycles. The van der Waals surface area contributed by atoms with Gasteiger partial charge in [-0.1, -0.05) is 24.3 Å². The van der Waals surface area contributed by atoms with E-state index < -0.39 is 11.9 Å². The molecule has 1 fully saturated rings. The maximum absolute atomic E-state index is 10.9. The molecule has 0 aliphatic heterocycles. The van der Waals surface area contributed by atoms with Gasteiger partial charge in [0.2, 0.25) is 0 Å². The zero-order valence-electron chi connectivity index (χ0n) is 11.9. The van der Waals surface area contributed by atoms with Crippen molar-refractivity contribution >= 4 is 11.9 Å². The number of hydrogen-bond donors (Lipinski definition) is 2. The smallest absolute Gasteiger partial charge is 0.335 e. The molecule has 0 amide bonds. The van der Waals surface area contributed by atoms with Crippen LogP contribution >= 0.6 is 0 Å². The van der Waals surface area contributed by atoms with Gasteiger partial charge in [0.05, 0.1) is 11.1 Å². The second-order valence-corrected chi connectivity index (χ2v) is 5.64. The van der Waals surface area contributed by atoms with Gasteiger partial charge in [-0.25, -0.2) is 9.59 Å². The second-order valence-electron chi connectivity index (χ2n) is 5.64. The fourth-order valence-corrected chi connectivity index (χ4v) is 3.04. The van der Waals surface area contributed by atoms with E-state index in [1.807, 2.05) is 24.3 Å². The van der Waals surface area contributed by atoms with Crippen molar-refractivity contribution in [1.29, 1.82) is 0 Å². The quantitative estimate of drug-likeness (QED) is 0.901. The molecule has 3 rings (SSSR count). The Balaban J connectivity index is 1.78. The van der Waals surface area contributed by atoms with Gasteiger partial charge in [0.15, 0.2) is 0 Å². The lowest BCUT2D eigenvalue weighted by Gasteiger charge is -2.37. The molecule has 2 atom stereocenters. The van der Waals surface area contributed by atoms with Crippen LogP contribution in [0.4, 0.5) is 0 Å². The summed E-state index contributed by atoms with van der Waals surface area (Å²) in [6.45, 7) is 0. The third-order valence-electron chi connectivity index (χ3n) is 4.45. The maximum Gasteiger partial charge on any atom is 0.335 e. The molecule has 0 spiro atoms. The summed E-state index contributed by atoms with van der Waals surface area (Å²) in [5.41, 5.74) is 2.88. The van der Waals surface area contributed by atoms with Crippen LogP contribution in [0.5, 0.6) is 0 Å². The monoisotopic (exact) mass is 296 g/mol. The Morgan fingerprint density at radius 3 is 1.23 bits per heavy atom. The molecule has 112 valence electrons. The first-order valence-electron chi connectivity index (χ1n) is 7.23. The van der Waals surface area contributed by atoms with Crippen LogP contribution in [0.2, 0.25) is 0 Å². The SMILES string of the molecule is O=C(O)c1ccc([C@H]2CC[C@H]2c2ccc(C(=O)O)cc2)cc1. The van der Waals surface area contributed by atoms with Gasteiger partial charge in [0.25, 0.3) is 0 Å². The molecule has 1 aliphatic rings. The molecule has 4 nitrogen and oxygen atoms in total. The van der Waals surface area contributed by atoms with Crippen LogP contribution in [-0.2, 0) is 0 Å². The van der Waals surface area contributed by atoms with Crippen LogP contribution in [0.3, 0.4) is 0 Å². The number of carboxylic acids is 2. The molecule has 0 bridgehead atoms. The summed E-state index contributed by atoms with van der Waals surface area (Å²) in [4.78, 5) is 21.8. The van der Waals surface area contributed by atoms with Crippen molar-refractivity contribution in [3.63, 3.8) is 0 Å². The Hall–Kier alpha value is -2.62. The first-order chi connectivity index (χ1) is 10.6. The van der Waals surface area contributed by atoms with E-state index in [1.165, 1.54) is 0 Å². The van der Waals surface area contributed by atoms with Gasteiger partial charge in [-0.15, -0.1) is 0 Å². The molecular weight excluding hydrogens is 280 g/mol. The summed E-state index contributed by atoms with van der Waals surface area (Å²) < 4.78 is 0. The highest BCUT2D eigenvalue weighted by Gasteiger charge is 2.33. The Morgan fingerprint density at radius 1 is 0.682 bits per heavy atom. The van der Waals surface area contributed by atoms with E-state index in [1.54, 1.807) is 24.3 Å². The Morgan fingerprint density at radius 2 is 1.00 bits per heavy atom. The summed E-state index contributed by atoms with van der Waals surface area (Å²) >= 11 is 0. The molecule has 0 heterocycles. The van der Waals surface area contributed by atoms with Crippen LogP contribution in [0.25, 0.3) is 0 Å². The van der Waals surface area contributed by atoms with E-state index in [0.717, 1.165) is 24.0 Å². The molecule has 1 aliphatic carbocycles. The summed E-state index contributed by atoms with van der Waals surface area (Å²) in [5, 5.41) is 17.9. The molecule has 2 aromatic carbocycles. The molecule has 1 saturated carbocycles. The highest BCUT2D eigenvalue weighted by atomic mass is 16.4. The van der Waals surface area contributed by atoms with Crippen LogP contribution in [0.1, 0.15) is 56.5 Å². The number of hydrogen-bond acceptors (Lipinski definition) is 2. The van der Waals surface area contributed by atoms with E-state index >= 15 is 0 Å². The Bertz CT molecular complexity index is 637. The minimum absolute atomic E-state index is 0.297. The summed E-state index contributed by atoms with van der Waals surface area (Å²) in [5.74, 6) is -1.08. The van der Waals surface area contributed by atoms with Crippen molar-refractivity contribution < 1.29 is 19.8 Å². The molecule has 22 heavy (non-hydrogen) atoms. The van der Waals surface area contributed by atoms with Crippen molar-refractivity contribution in [2.24, 2.45) is 0 Å². The second kappa shape index (κ2) is 5.64. The molecule has 0 radical (unpaired) electrons. The van der Waals surface area contributed by atoms with Crippen molar-refractivity contribution in [2.45, 2.75) is 24.7 Å². The number of aromatic carboxylic acids is 2. The third kappa shape index (κ3) is 2.60. The zero-order valence-corrected chi connectivity index (χ0v) is 11.9. The molecule has 0 aromatic heterocycles. The standard InChI is InChI=1S/C18H16O4/c19-17(20)13-5-1-11(2-6-13)15-9-10-16(15)12-3-7-14(8-4-12)18(21)22/h1-8,15-16H,9-10H2,(H,19,20)(H,21,22)/t15-,16+. The van der Waals surface area contributed by atoms with Gasteiger partial charge in [-0.2, -0.15) is 0 Å². The van der Waals surface area contributed by atoms with Gasteiger partial charge in [0, 0.05) is 0 Å². The first-order valence-corrected chi connectivity index (χ1v) is 7.23. The van der Waals surface area contributed by atoms with Crippen LogP contribution in [0.15, 0.2) is 48.5 Å². The lowest BCUT2D eigenvalue weighted by atomic mass is 9.67. The minimum atomic E-state index is -0.916. The summed E-state index contributed by atoms with van der Waals surface area (Å²) in [6, 6.07) is 14.1. The molecule has 2 aromatic rings. The first kappa shape index (κ1) is 14.3. The van der Waals surface area contributed by atoms with Gasteiger partial charge in [0.1, 0.15) is 0 Å². The average Bonchev–Trinajstić information content (AvgIpc) is 2.47. The van der Waals surface area contributed by atoms with E-state index in [0.29, 0.717) is 23.0 Å². The van der Waals surface area contributed by atoms with E-state index in [9.17, 15) is 9.59 Å². The van der Waals surface area contributed by atoms with Crippen LogP contribution < -0.4 is 0 Å². The zero-order chi connectivity index (χ0) is 15.7. The van der Waals surface area contributed by atoms with E-state index in [-0.39, 0.29) is 0 Å². The van der Waals surface area contributed by atoms with Gasteiger partial charge < -0.3 is 10.2 Å². The lowest BCUT2D eigenvalue weighted by Crippen LogP contribution is -2.22. The number of benzene rings is 2. The van der Waals surface area contributed by atoms with E-state index in [4.69, 9.17) is 10.2 Å². The van der Waals surface area contributed by atoms with E-state index in [2.05, 4.69) is 0 Å². The number of carbonyl (C=O) groups is 2. The third-order valence-corrected chi connectivity index (χ3v) is 4.45. The van der Waals surface area contributed by atoms with Crippen molar-refractivity contribution in [2.75, 3.05) is 0 Å². The topological polar surface area (TPSA) is 74.6 Å². The molecular formula is C18H16O4. The van der Waals surface area contributed by atoms with Crippen LogP contribution in [0, 0.1) is 0 Å². The molecule has 2 N–H and O–H groups in total. The summed E-state index contributed by atoms with van der Waals surface area (Å²) in [6.07, 6.45) is 2.13. The largest absolute Gasteiger partial charge is 0.478 e. The van der Waals surface area contributed by atoms with Crippen LogP contribution in [-0.4, -0.2) is 22.2 Å². The molecule has 4 heteroatoms. The minimum Gasteiger partial charge on any atom is -0.478 e. The predicted molar refractivity (Wildman–Crippen MR) is 81.5 cm³/mol. The fourth-order valence-electron chi connectivity index (χ4n) is 3.04. The molecule has 0 unspecified atom stereocenters. The normalized spacial score (nSPS) is 20.2. The Kier molecular flexibility index (Phi) is 3.67. The highest BCUT2D eigenvalue weighted by molar-refractivity contribution is 5.88. The van der Waals surface area contributed by atoms with Crippen molar-refractivity contribution in [3.05, 3.63) is 70.8 Å². The highest BCUT2D eigenvalue weighted by Crippen LogP contribution is 2.49. The predicted octanol–water partition coefficient (Wildman–Crippen LogP) is 3.74. The average molecular weight is 296 g/mol. The number of rotatable bonds is 4. The lowest BCUT2D eigenvalue weighted by molar-refractivity contribution is 0.0686.